The molecule has 18 heavy (non-hydrogen) atoms. The molecule has 0 unspecified atom stereocenters. The second-order valence-electron chi connectivity index (χ2n) is 4.53. The molecule has 0 aliphatic heterocycles. The molecule has 0 atom stereocenters. The van der Waals surface area contributed by atoms with E-state index < -0.39 is 21.4 Å². The number of aromatic nitrogens is 1. The van der Waals surface area contributed by atoms with Crippen LogP contribution in [0.5, 0.6) is 0 Å². The number of nitrogens with zero attached hydrogens (tertiary/aromatic N) is 2. The van der Waals surface area contributed by atoms with E-state index in [-0.39, 0.29) is 18.0 Å². The van der Waals surface area contributed by atoms with Crippen molar-refractivity contribution in [2.24, 2.45) is 5.73 Å². The first kappa shape index (κ1) is 15.0. The van der Waals surface area contributed by atoms with Crippen molar-refractivity contribution in [2.45, 2.75) is 31.2 Å². The van der Waals surface area contributed by atoms with Crippen LogP contribution in [0, 0.1) is 5.82 Å². The highest BCUT2D eigenvalue weighted by Crippen LogP contribution is 2.23. The topological polar surface area (TPSA) is 76.3 Å². The summed E-state index contributed by atoms with van der Waals surface area (Å²) in [5, 5.41) is 0. The highest BCUT2D eigenvalue weighted by atomic mass is 32.2. The van der Waals surface area contributed by atoms with Crippen LogP contribution in [0.4, 0.5) is 4.39 Å². The van der Waals surface area contributed by atoms with Gasteiger partial charge < -0.3 is 5.73 Å². The first-order valence-corrected chi connectivity index (χ1v) is 7.03. The minimum Gasteiger partial charge on any atom is -0.329 e. The molecule has 0 saturated carbocycles. The number of pyridine rings is 1. The van der Waals surface area contributed by atoms with E-state index in [0.717, 1.165) is 18.5 Å². The Labute approximate surface area is 107 Å². The van der Waals surface area contributed by atoms with E-state index in [1.807, 2.05) is 0 Å². The lowest BCUT2D eigenvalue weighted by molar-refractivity contribution is 0.244. The summed E-state index contributed by atoms with van der Waals surface area (Å²) < 4.78 is 39.1. The van der Waals surface area contributed by atoms with Crippen LogP contribution in [0.15, 0.2) is 23.4 Å². The summed E-state index contributed by atoms with van der Waals surface area (Å²) >= 11 is 0. The van der Waals surface area contributed by atoms with Crippen molar-refractivity contribution in [3.05, 3.63) is 24.3 Å². The molecule has 0 bridgehead atoms. The molecule has 0 aromatic carbocycles. The third-order valence-corrected chi connectivity index (χ3v) is 4.88. The maximum Gasteiger partial charge on any atom is 0.245 e. The average molecular weight is 275 g/mol. The number of hydrogen-bond donors (Lipinski definition) is 1. The summed E-state index contributed by atoms with van der Waals surface area (Å²) in [6, 6.07) is 0.956. The highest BCUT2D eigenvalue weighted by molar-refractivity contribution is 7.89. The normalized spacial score (nSPS) is 13.0. The molecule has 0 amide bonds. The van der Waals surface area contributed by atoms with Crippen molar-refractivity contribution in [3.8, 4) is 0 Å². The molecule has 0 fully saturated rings. The van der Waals surface area contributed by atoms with Crippen molar-refractivity contribution >= 4 is 10.0 Å². The number of sulfonamides is 1. The minimum atomic E-state index is -3.79. The van der Waals surface area contributed by atoms with Crippen molar-refractivity contribution in [1.29, 1.82) is 0 Å². The van der Waals surface area contributed by atoms with Crippen molar-refractivity contribution in [3.63, 3.8) is 0 Å². The highest BCUT2D eigenvalue weighted by Gasteiger charge is 2.35. The van der Waals surface area contributed by atoms with Crippen LogP contribution in [0.25, 0.3) is 0 Å². The van der Waals surface area contributed by atoms with E-state index in [9.17, 15) is 12.8 Å². The molecule has 7 heteroatoms. The summed E-state index contributed by atoms with van der Waals surface area (Å²) in [7, 11) is -3.79. The zero-order valence-electron chi connectivity index (χ0n) is 10.7. The van der Waals surface area contributed by atoms with Crippen LogP contribution in [0.1, 0.15) is 20.8 Å². The predicted molar refractivity (Wildman–Crippen MR) is 66.9 cm³/mol. The molecule has 0 aliphatic carbocycles. The Kier molecular flexibility index (Phi) is 4.41. The maximum atomic E-state index is 13.1. The fourth-order valence-electron chi connectivity index (χ4n) is 1.69. The van der Waals surface area contributed by atoms with E-state index >= 15 is 0 Å². The summed E-state index contributed by atoms with van der Waals surface area (Å²) in [6.45, 7) is 5.58. The van der Waals surface area contributed by atoms with Gasteiger partial charge in [-0.2, -0.15) is 4.31 Å². The number of nitrogens with two attached hydrogens (primary N) is 1. The summed E-state index contributed by atoms with van der Waals surface area (Å²) in [5.41, 5.74) is 4.86. The lowest BCUT2D eigenvalue weighted by Crippen LogP contribution is -2.52. The molecule has 1 aromatic rings. The zero-order valence-corrected chi connectivity index (χ0v) is 11.5. The maximum absolute atomic E-state index is 13.1. The van der Waals surface area contributed by atoms with Gasteiger partial charge in [-0.15, -0.1) is 0 Å². The Bertz CT molecular complexity index is 517. The van der Waals surface area contributed by atoms with Crippen LogP contribution in [0.2, 0.25) is 0 Å². The Morgan fingerprint density at radius 3 is 2.50 bits per heavy atom. The van der Waals surface area contributed by atoms with E-state index in [0.29, 0.717) is 0 Å². The first-order valence-electron chi connectivity index (χ1n) is 5.59. The Balaban J connectivity index is 3.28. The summed E-state index contributed by atoms with van der Waals surface area (Å²) in [4.78, 5) is 3.40. The third kappa shape index (κ3) is 2.85. The summed E-state index contributed by atoms with van der Waals surface area (Å²) in [5.74, 6) is -0.683. The van der Waals surface area contributed by atoms with Gasteiger partial charge in [0, 0.05) is 24.8 Å². The van der Waals surface area contributed by atoms with E-state index in [1.165, 1.54) is 4.31 Å². The monoisotopic (exact) mass is 275 g/mol. The van der Waals surface area contributed by atoms with Gasteiger partial charge in [-0.3, -0.25) is 4.98 Å². The lowest BCUT2D eigenvalue weighted by Gasteiger charge is -2.35. The summed E-state index contributed by atoms with van der Waals surface area (Å²) in [6.07, 6.45) is 2.09. The molecule has 1 aromatic heterocycles. The van der Waals surface area contributed by atoms with Crippen LogP contribution in [0.3, 0.4) is 0 Å². The Morgan fingerprint density at radius 1 is 1.44 bits per heavy atom. The second-order valence-corrected chi connectivity index (χ2v) is 6.39. The van der Waals surface area contributed by atoms with Gasteiger partial charge in [0.25, 0.3) is 0 Å². The van der Waals surface area contributed by atoms with E-state index in [1.54, 1.807) is 20.8 Å². The fourth-order valence-corrected chi connectivity index (χ4v) is 3.46. The minimum absolute atomic E-state index is 0.161. The molecular weight excluding hydrogens is 257 g/mol. The van der Waals surface area contributed by atoms with Crippen LogP contribution in [-0.2, 0) is 10.0 Å². The van der Waals surface area contributed by atoms with E-state index in [2.05, 4.69) is 4.98 Å². The number of likely N-dealkylation sites (N-methyl/N-ethyl adjacent to an activating group) is 1. The van der Waals surface area contributed by atoms with Gasteiger partial charge in [-0.05, 0) is 19.9 Å². The van der Waals surface area contributed by atoms with Crippen LogP contribution in [-0.4, -0.2) is 36.3 Å². The molecule has 1 heterocycles. The average Bonchev–Trinajstić information content (AvgIpc) is 2.29. The van der Waals surface area contributed by atoms with Crippen LogP contribution >= 0.6 is 0 Å². The first-order chi connectivity index (χ1) is 8.25. The number of rotatable bonds is 5. The van der Waals surface area contributed by atoms with Gasteiger partial charge in [0.2, 0.25) is 10.0 Å². The predicted octanol–water partition coefficient (Wildman–Crippen LogP) is 0.969. The molecule has 2 N–H and O–H groups in total. The smallest absolute Gasteiger partial charge is 0.245 e. The largest absolute Gasteiger partial charge is 0.329 e. The molecule has 0 radical (unpaired) electrons. The van der Waals surface area contributed by atoms with Gasteiger partial charge >= 0.3 is 0 Å². The van der Waals surface area contributed by atoms with Gasteiger partial charge in [-0.1, -0.05) is 6.92 Å². The molecule has 0 aliphatic rings. The van der Waals surface area contributed by atoms with Crippen molar-refractivity contribution < 1.29 is 12.8 Å². The van der Waals surface area contributed by atoms with Crippen molar-refractivity contribution in [1.82, 2.24) is 9.29 Å². The Morgan fingerprint density at radius 2 is 2.06 bits per heavy atom. The fraction of sp³-hybridized carbons (Fsp3) is 0.545. The van der Waals surface area contributed by atoms with Crippen LogP contribution < -0.4 is 5.73 Å². The van der Waals surface area contributed by atoms with Gasteiger partial charge in [-0.25, -0.2) is 12.8 Å². The SMILES string of the molecule is CCN(C(C)(C)CN)S(=O)(=O)c1cncc(F)c1. The van der Waals surface area contributed by atoms with Gasteiger partial charge in [0.15, 0.2) is 0 Å². The number of halogens is 1. The quantitative estimate of drug-likeness (QED) is 0.868. The molecule has 0 saturated heterocycles. The third-order valence-electron chi connectivity index (χ3n) is 2.73. The van der Waals surface area contributed by atoms with E-state index in [4.69, 9.17) is 5.73 Å². The zero-order chi connectivity index (χ0) is 14.0. The number of hydrogen-bond acceptors (Lipinski definition) is 4. The molecule has 1 rings (SSSR count). The molecular formula is C11H18FN3O2S. The standard InChI is InChI=1S/C11H18FN3O2S/c1-4-15(11(2,3)8-13)18(16,17)10-5-9(12)6-14-7-10/h5-7H,4,8,13H2,1-3H3. The molecule has 0 spiro atoms. The Hall–Kier alpha value is -1.05. The lowest BCUT2D eigenvalue weighted by atomic mass is 10.1. The molecule has 5 nitrogen and oxygen atoms in total. The van der Waals surface area contributed by atoms with Gasteiger partial charge in [0.05, 0.1) is 6.20 Å². The van der Waals surface area contributed by atoms with Gasteiger partial charge in [0.1, 0.15) is 10.7 Å². The van der Waals surface area contributed by atoms with Crippen molar-refractivity contribution in [2.75, 3.05) is 13.1 Å². The second kappa shape index (κ2) is 5.29. The molecule has 102 valence electrons.